The summed E-state index contributed by atoms with van der Waals surface area (Å²) in [5, 5.41) is 1.98. The van der Waals surface area contributed by atoms with Crippen LogP contribution in [0.25, 0.3) is 0 Å². The molecule has 4 rings (SSSR count). The summed E-state index contributed by atoms with van der Waals surface area (Å²) in [5.41, 5.74) is 0. The van der Waals surface area contributed by atoms with Crippen LogP contribution in [-0.4, -0.2) is 6.61 Å². The minimum atomic E-state index is -3.11. The normalized spacial score (nSPS) is 12.7. The van der Waals surface area contributed by atoms with Gasteiger partial charge in [0.1, 0.15) is 0 Å². The molecule has 0 fully saturated rings. The van der Waals surface area contributed by atoms with Crippen molar-refractivity contribution in [2.75, 3.05) is 6.61 Å². The molecule has 3 heteroatoms. The van der Waals surface area contributed by atoms with Gasteiger partial charge >= 0.3 is 181 Å². The minimum absolute atomic E-state index is 0.660. The van der Waals surface area contributed by atoms with E-state index in [0.717, 1.165) is 5.75 Å². The van der Waals surface area contributed by atoms with Gasteiger partial charge in [-0.3, -0.25) is 0 Å². The van der Waals surface area contributed by atoms with Crippen molar-refractivity contribution in [3.8, 4) is 5.75 Å². The Morgan fingerprint density at radius 3 is 1.24 bits per heavy atom. The SMILES string of the molecule is CCOc1ccc(P(Br)(c2ccccc2)(c2ccccc2)c2ccccc2)cc1. The van der Waals surface area contributed by atoms with E-state index in [2.05, 4.69) is 131 Å². The van der Waals surface area contributed by atoms with Gasteiger partial charge in [0.05, 0.1) is 0 Å². The van der Waals surface area contributed by atoms with E-state index in [-0.39, 0.29) is 0 Å². The summed E-state index contributed by atoms with van der Waals surface area (Å²) in [6, 6.07) is 41.0. The summed E-state index contributed by atoms with van der Waals surface area (Å²) < 4.78 is 5.72. The van der Waals surface area contributed by atoms with Crippen LogP contribution in [-0.2, 0) is 0 Å². The molecule has 1 nitrogen and oxygen atoms in total. The Balaban J connectivity index is 2.13. The summed E-state index contributed by atoms with van der Waals surface area (Å²) in [6.07, 6.45) is 0. The summed E-state index contributed by atoms with van der Waals surface area (Å²) in [4.78, 5) is 0. The van der Waals surface area contributed by atoms with Crippen LogP contribution in [0.15, 0.2) is 115 Å². The van der Waals surface area contributed by atoms with Gasteiger partial charge < -0.3 is 0 Å². The van der Waals surface area contributed by atoms with Crippen LogP contribution in [0, 0.1) is 0 Å². The number of halogens is 1. The number of ether oxygens (including phenoxy) is 1. The van der Waals surface area contributed by atoms with Crippen molar-refractivity contribution in [2.45, 2.75) is 6.92 Å². The van der Waals surface area contributed by atoms with Crippen LogP contribution < -0.4 is 26.0 Å². The Morgan fingerprint density at radius 1 is 0.552 bits per heavy atom. The third-order valence-corrected chi connectivity index (χ3v) is 15.3. The Bertz CT molecular complexity index is 965. The molecule has 0 aliphatic carbocycles. The molecule has 0 radical (unpaired) electrons. The Hall–Kier alpha value is -2.41. The van der Waals surface area contributed by atoms with Crippen molar-refractivity contribution in [2.24, 2.45) is 0 Å². The van der Waals surface area contributed by atoms with E-state index in [1.807, 2.05) is 6.92 Å². The van der Waals surface area contributed by atoms with E-state index < -0.39 is 5.31 Å². The first-order valence-electron chi connectivity index (χ1n) is 9.82. The molecule has 0 heterocycles. The predicted octanol–water partition coefficient (Wildman–Crippen LogP) is 5.55. The molecule has 0 saturated carbocycles. The third kappa shape index (κ3) is 3.21. The average molecular weight is 463 g/mol. The van der Waals surface area contributed by atoms with Crippen molar-refractivity contribution in [3.05, 3.63) is 115 Å². The van der Waals surface area contributed by atoms with E-state index >= 15 is 0 Å². The fraction of sp³-hybridized carbons (Fsp3) is 0.0769. The summed E-state index contributed by atoms with van der Waals surface area (Å²) >= 11 is 4.48. The van der Waals surface area contributed by atoms with Gasteiger partial charge in [0.2, 0.25) is 0 Å². The molecule has 29 heavy (non-hydrogen) atoms. The molecule has 0 aliphatic heterocycles. The number of hydrogen-bond donors (Lipinski definition) is 0. The van der Waals surface area contributed by atoms with E-state index in [9.17, 15) is 0 Å². The second-order valence-electron chi connectivity index (χ2n) is 6.94. The van der Waals surface area contributed by atoms with Crippen LogP contribution in [0.4, 0.5) is 0 Å². The van der Waals surface area contributed by atoms with Gasteiger partial charge in [0.25, 0.3) is 0 Å². The van der Waals surface area contributed by atoms with E-state index in [1.54, 1.807) is 0 Å². The van der Waals surface area contributed by atoms with Gasteiger partial charge in [0, 0.05) is 0 Å². The Labute approximate surface area is 181 Å². The van der Waals surface area contributed by atoms with Crippen molar-refractivity contribution >= 4 is 42.0 Å². The molecule has 0 N–H and O–H groups in total. The molecule has 146 valence electrons. The van der Waals surface area contributed by atoms with Crippen molar-refractivity contribution in [1.82, 2.24) is 0 Å². The van der Waals surface area contributed by atoms with Crippen LogP contribution in [0.5, 0.6) is 5.75 Å². The molecule has 0 atom stereocenters. The van der Waals surface area contributed by atoms with Gasteiger partial charge in [-0.25, -0.2) is 0 Å². The van der Waals surface area contributed by atoms with Crippen LogP contribution in [0.2, 0.25) is 0 Å². The maximum atomic E-state index is 5.72. The molecule has 4 aromatic carbocycles. The Morgan fingerprint density at radius 2 is 0.897 bits per heavy atom. The first-order chi connectivity index (χ1) is 14.2. The number of rotatable bonds is 6. The quantitative estimate of drug-likeness (QED) is 0.341. The molecule has 0 bridgehead atoms. The maximum absolute atomic E-state index is 5.72. The second-order valence-corrected chi connectivity index (χ2v) is 15.3. The molecule has 0 amide bonds. The summed E-state index contributed by atoms with van der Waals surface area (Å²) in [5.74, 6) is 0.892. The molecule has 0 spiro atoms. The standard InChI is InChI=1S/C26H24BrOP/c1-2-28-22-18-20-26(21-19-22)29(27,23-12-6-3-7-13-23,24-14-8-4-9-15-24)25-16-10-5-11-17-25/h3-21H,2H2,1H3. The van der Waals surface area contributed by atoms with E-state index in [1.165, 1.54) is 21.2 Å². The number of hydrogen-bond acceptors (Lipinski definition) is 1. The second kappa shape index (κ2) is 8.14. The number of benzene rings is 4. The van der Waals surface area contributed by atoms with Crippen molar-refractivity contribution < 1.29 is 4.74 Å². The molecular weight excluding hydrogens is 439 g/mol. The predicted molar refractivity (Wildman–Crippen MR) is 131 cm³/mol. The molecule has 0 aromatic heterocycles. The fourth-order valence-electron chi connectivity index (χ4n) is 4.01. The molecular formula is C26H24BrOP. The zero-order valence-corrected chi connectivity index (χ0v) is 18.9. The van der Waals surface area contributed by atoms with E-state index in [4.69, 9.17) is 4.74 Å². The monoisotopic (exact) mass is 462 g/mol. The van der Waals surface area contributed by atoms with Crippen molar-refractivity contribution in [3.63, 3.8) is 0 Å². The summed E-state index contributed by atoms with van der Waals surface area (Å²) in [7, 11) is 0. The van der Waals surface area contributed by atoms with Gasteiger partial charge in [0.15, 0.2) is 0 Å². The first-order valence-corrected chi connectivity index (χ1v) is 14.1. The van der Waals surface area contributed by atoms with Gasteiger partial charge in [-0.1, -0.05) is 0 Å². The average Bonchev–Trinajstić information content (AvgIpc) is 2.81. The molecule has 0 unspecified atom stereocenters. The first kappa shape index (κ1) is 19.9. The zero-order valence-electron chi connectivity index (χ0n) is 16.4. The van der Waals surface area contributed by atoms with Crippen molar-refractivity contribution in [1.29, 1.82) is 0 Å². The van der Waals surface area contributed by atoms with Gasteiger partial charge in [-0.05, 0) is 0 Å². The van der Waals surface area contributed by atoms with Gasteiger partial charge in [-0.2, -0.15) is 0 Å². The van der Waals surface area contributed by atoms with E-state index in [0.29, 0.717) is 6.61 Å². The Kier molecular flexibility index (Phi) is 5.58. The van der Waals surface area contributed by atoms with Gasteiger partial charge in [-0.15, -0.1) is 0 Å². The van der Waals surface area contributed by atoms with Crippen LogP contribution in [0.1, 0.15) is 6.92 Å². The molecule has 0 aliphatic rings. The zero-order chi connectivity index (χ0) is 20.2. The topological polar surface area (TPSA) is 9.23 Å². The molecule has 4 aromatic rings. The molecule has 0 saturated heterocycles. The van der Waals surface area contributed by atoms with Crippen LogP contribution >= 0.6 is 20.8 Å². The third-order valence-electron chi connectivity index (χ3n) is 5.36. The fourth-order valence-corrected chi connectivity index (χ4v) is 11.5. The summed E-state index contributed by atoms with van der Waals surface area (Å²) in [6.45, 7) is 2.67. The van der Waals surface area contributed by atoms with Crippen LogP contribution in [0.3, 0.4) is 0 Å².